The molecule has 1 N–H and O–H groups in total. The van der Waals surface area contributed by atoms with Crippen molar-refractivity contribution in [3.8, 4) is 0 Å². The van der Waals surface area contributed by atoms with Crippen LogP contribution in [0.3, 0.4) is 0 Å². The Kier molecular flexibility index (Phi) is 2.81. The van der Waals surface area contributed by atoms with Crippen molar-refractivity contribution in [2.75, 3.05) is 12.4 Å². The molecule has 0 bridgehead atoms. The van der Waals surface area contributed by atoms with Crippen LogP contribution in [0.4, 0.5) is 5.82 Å². The fourth-order valence-electron chi connectivity index (χ4n) is 3.25. The van der Waals surface area contributed by atoms with E-state index in [1.54, 1.807) is 0 Å². The summed E-state index contributed by atoms with van der Waals surface area (Å²) in [6.07, 6.45) is 4.00. The van der Waals surface area contributed by atoms with Gasteiger partial charge in [-0.05, 0) is 24.5 Å². The van der Waals surface area contributed by atoms with Crippen LogP contribution in [-0.2, 0) is 6.42 Å². The Hall–Kier alpha value is -2.49. The van der Waals surface area contributed by atoms with E-state index < -0.39 is 0 Å². The first kappa shape index (κ1) is 12.3. The second kappa shape index (κ2) is 4.81. The zero-order chi connectivity index (χ0) is 14.2. The minimum Gasteiger partial charge on any atom is -0.371 e. The van der Waals surface area contributed by atoms with Crippen LogP contribution < -0.4 is 5.32 Å². The van der Waals surface area contributed by atoms with Crippen LogP contribution in [0.5, 0.6) is 0 Å². The number of nitrogens with zero attached hydrogens (tertiary/aromatic N) is 3. The molecule has 2 heterocycles. The summed E-state index contributed by atoms with van der Waals surface area (Å²) in [5, 5.41) is 14.3. The summed E-state index contributed by atoms with van der Waals surface area (Å²) in [5.74, 6) is 1.08. The molecule has 0 saturated heterocycles. The zero-order valence-electron chi connectivity index (χ0n) is 11.9. The van der Waals surface area contributed by atoms with E-state index in [9.17, 15) is 0 Å². The van der Waals surface area contributed by atoms with Crippen LogP contribution in [-0.4, -0.2) is 22.2 Å². The lowest BCUT2D eigenvalue weighted by atomic mass is 9.97. The smallest absolute Gasteiger partial charge is 0.156 e. The van der Waals surface area contributed by atoms with Crippen LogP contribution in [0.2, 0.25) is 0 Å². The lowest BCUT2D eigenvalue weighted by Gasteiger charge is -2.14. The lowest BCUT2D eigenvalue weighted by Crippen LogP contribution is -2.06. The number of rotatable bonds is 2. The first-order valence-electron chi connectivity index (χ1n) is 7.25. The molecule has 0 radical (unpaired) electrons. The topological polar surface area (TPSA) is 50.7 Å². The molecule has 0 fully saturated rings. The summed E-state index contributed by atoms with van der Waals surface area (Å²) in [7, 11) is 1.88. The number of pyridine rings is 1. The van der Waals surface area contributed by atoms with Crippen molar-refractivity contribution in [1.82, 2.24) is 15.2 Å². The van der Waals surface area contributed by atoms with Crippen molar-refractivity contribution in [2.24, 2.45) is 0 Å². The van der Waals surface area contributed by atoms with Gasteiger partial charge in [0.15, 0.2) is 5.82 Å². The van der Waals surface area contributed by atoms with Crippen molar-refractivity contribution in [2.45, 2.75) is 18.8 Å². The van der Waals surface area contributed by atoms with E-state index in [0.717, 1.165) is 35.4 Å². The number of aryl methyl sites for hydroxylation is 1. The van der Waals surface area contributed by atoms with E-state index in [1.165, 1.54) is 10.9 Å². The van der Waals surface area contributed by atoms with Gasteiger partial charge in [0.2, 0.25) is 0 Å². The minimum atomic E-state index is 0.254. The molecular formula is C17H16N4. The lowest BCUT2D eigenvalue weighted by molar-refractivity contribution is 0.736. The maximum atomic E-state index is 4.58. The largest absolute Gasteiger partial charge is 0.371 e. The highest BCUT2D eigenvalue weighted by Crippen LogP contribution is 2.38. The average Bonchev–Trinajstić information content (AvgIpc) is 2.98. The number of nitrogens with one attached hydrogen (secondary N) is 1. The van der Waals surface area contributed by atoms with Gasteiger partial charge in [0.25, 0.3) is 0 Å². The normalized spacial score (nSPS) is 16.9. The molecule has 1 atom stereocenters. The van der Waals surface area contributed by atoms with Crippen LogP contribution in [0.15, 0.2) is 42.6 Å². The molecule has 4 rings (SSSR count). The highest BCUT2D eigenvalue weighted by atomic mass is 15.2. The maximum Gasteiger partial charge on any atom is 0.156 e. The van der Waals surface area contributed by atoms with Crippen LogP contribution in [0.25, 0.3) is 10.8 Å². The standard InChI is InChI=1S/C17H16N4/c1-18-17-13-7-3-2-6-12(13)16(20-21-17)14-9-8-11-5-4-10-19-15(11)14/h2-7,10,14H,8-9H2,1H3,(H,18,21). The number of hydrogen-bond acceptors (Lipinski definition) is 4. The molecule has 1 unspecified atom stereocenters. The molecule has 4 nitrogen and oxygen atoms in total. The molecule has 2 aromatic heterocycles. The minimum absolute atomic E-state index is 0.254. The second-order valence-electron chi connectivity index (χ2n) is 5.37. The van der Waals surface area contributed by atoms with E-state index >= 15 is 0 Å². The van der Waals surface area contributed by atoms with Gasteiger partial charge in [-0.15, -0.1) is 5.10 Å². The SMILES string of the molecule is CNc1nnc(C2CCc3cccnc32)c2ccccc12. The van der Waals surface area contributed by atoms with Crippen molar-refractivity contribution in [3.63, 3.8) is 0 Å². The van der Waals surface area contributed by atoms with Crippen molar-refractivity contribution in [3.05, 3.63) is 59.5 Å². The Bertz CT molecular complexity index is 813. The molecule has 1 aliphatic carbocycles. The summed E-state index contributed by atoms with van der Waals surface area (Å²) in [5.41, 5.74) is 3.54. The third-order valence-electron chi connectivity index (χ3n) is 4.24. The summed E-state index contributed by atoms with van der Waals surface area (Å²) in [6, 6.07) is 12.5. The Morgan fingerprint density at radius 1 is 1.00 bits per heavy atom. The van der Waals surface area contributed by atoms with Gasteiger partial charge in [-0.3, -0.25) is 4.98 Å². The third-order valence-corrected chi connectivity index (χ3v) is 4.24. The van der Waals surface area contributed by atoms with Crippen LogP contribution in [0.1, 0.15) is 29.3 Å². The molecule has 104 valence electrons. The van der Waals surface area contributed by atoms with E-state index in [4.69, 9.17) is 0 Å². The Morgan fingerprint density at radius 3 is 2.71 bits per heavy atom. The molecule has 4 heteroatoms. The van der Waals surface area contributed by atoms with Gasteiger partial charge in [-0.2, -0.15) is 5.10 Å². The molecule has 3 aromatic rings. The summed E-state index contributed by atoms with van der Waals surface area (Å²) < 4.78 is 0. The maximum absolute atomic E-state index is 4.58. The van der Waals surface area contributed by atoms with Crippen molar-refractivity contribution >= 4 is 16.6 Å². The van der Waals surface area contributed by atoms with E-state index in [0.29, 0.717) is 0 Å². The Labute approximate surface area is 123 Å². The predicted octanol–water partition coefficient (Wildman–Crippen LogP) is 3.14. The summed E-state index contributed by atoms with van der Waals surface area (Å²) in [4.78, 5) is 4.58. The number of aromatic nitrogens is 3. The summed E-state index contributed by atoms with van der Waals surface area (Å²) in [6.45, 7) is 0. The fourth-order valence-corrected chi connectivity index (χ4v) is 3.25. The van der Waals surface area contributed by atoms with E-state index in [1.807, 2.05) is 25.4 Å². The Balaban J connectivity index is 1.93. The van der Waals surface area contributed by atoms with E-state index in [2.05, 4.69) is 44.8 Å². The number of benzene rings is 1. The first-order valence-corrected chi connectivity index (χ1v) is 7.25. The molecule has 0 saturated carbocycles. The molecular weight excluding hydrogens is 260 g/mol. The van der Waals surface area contributed by atoms with Gasteiger partial charge in [0.05, 0.1) is 11.4 Å². The molecule has 0 amide bonds. The molecule has 1 aliphatic rings. The zero-order valence-corrected chi connectivity index (χ0v) is 11.9. The van der Waals surface area contributed by atoms with Crippen molar-refractivity contribution in [1.29, 1.82) is 0 Å². The van der Waals surface area contributed by atoms with E-state index in [-0.39, 0.29) is 5.92 Å². The van der Waals surface area contributed by atoms with Gasteiger partial charge in [0.1, 0.15) is 0 Å². The van der Waals surface area contributed by atoms with Crippen molar-refractivity contribution < 1.29 is 0 Å². The van der Waals surface area contributed by atoms with Gasteiger partial charge in [-0.25, -0.2) is 0 Å². The molecule has 0 aliphatic heterocycles. The van der Waals surface area contributed by atoms with Gasteiger partial charge >= 0.3 is 0 Å². The molecule has 0 spiro atoms. The average molecular weight is 276 g/mol. The highest BCUT2D eigenvalue weighted by molar-refractivity contribution is 5.93. The highest BCUT2D eigenvalue weighted by Gasteiger charge is 2.28. The molecule has 1 aromatic carbocycles. The second-order valence-corrected chi connectivity index (χ2v) is 5.37. The predicted molar refractivity (Wildman–Crippen MR) is 83.5 cm³/mol. The van der Waals surface area contributed by atoms with Gasteiger partial charge < -0.3 is 5.32 Å². The first-order chi connectivity index (χ1) is 10.4. The van der Waals surface area contributed by atoms with Gasteiger partial charge in [0, 0.05) is 29.9 Å². The summed E-state index contributed by atoms with van der Waals surface area (Å²) >= 11 is 0. The number of hydrogen-bond donors (Lipinski definition) is 1. The molecule has 21 heavy (non-hydrogen) atoms. The Morgan fingerprint density at radius 2 is 1.86 bits per heavy atom. The van der Waals surface area contributed by atoms with Crippen LogP contribution in [0, 0.1) is 0 Å². The van der Waals surface area contributed by atoms with Crippen LogP contribution >= 0.6 is 0 Å². The number of fused-ring (bicyclic) bond motifs is 2. The monoisotopic (exact) mass is 276 g/mol. The van der Waals surface area contributed by atoms with Gasteiger partial charge in [-0.1, -0.05) is 30.3 Å². The fraction of sp³-hybridized carbons (Fsp3) is 0.235. The number of anilines is 1. The third kappa shape index (κ3) is 1.87. The quantitative estimate of drug-likeness (QED) is 0.781.